The van der Waals surface area contributed by atoms with E-state index in [9.17, 15) is 0 Å². The lowest BCUT2D eigenvalue weighted by atomic mass is 9.86. The van der Waals surface area contributed by atoms with E-state index in [2.05, 4.69) is 165 Å². The maximum Gasteiger partial charge on any atom is 0.200 e. The van der Waals surface area contributed by atoms with Gasteiger partial charge in [-0.1, -0.05) is 107 Å². The molecule has 0 unspecified atom stereocenters. The summed E-state index contributed by atoms with van der Waals surface area (Å²) in [6, 6.07) is 26.2. The second-order valence-corrected chi connectivity index (χ2v) is 18.8. The minimum Gasteiger partial charge on any atom is -0.449 e. The predicted molar refractivity (Wildman–Crippen MR) is 215 cm³/mol. The normalized spacial score (nSPS) is 13.8. The smallest absolute Gasteiger partial charge is 0.200 e. The zero-order valence-corrected chi connectivity index (χ0v) is 32.5. The van der Waals surface area contributed by atoms with Crippen molar-refractivity contribution in [1.82, 2.24) is 8.80 Å². The number of rotatable bonds is 0. The van der Waals surface area contributed by atoms with E-state index in [1.165, 1.54) is 22.3 Å². The van der Waals surface area contributed by atoms with Gasteiger partial charge < -0.3 is 17.7 Å². The second-order valence-electron chi connectivity index (χ2n) is 18.8. The van der Waals surface area contributed by atoms with E-state index >= 15 is 0 Å². The molecule has 52 heavy (non-hydrogen) atoms. The molecule has 4 heterocycles. The monoisotopic (exact) mass is 692 g/mol. The molecule has 0 aliphatic heterocycles. The van der Waals surface area contributed by atoms with E-state index in [4.69, 9.17) is 17.7 Å². The molecule has 0 saturated carbocycles. The lowest BCUT2D eigenvalue weighted by molar-refractivity contribution is 0.575. The van der Waals surface area contributed by atoms with Crippen LogP contribution in [0, 0.1) is 0 Å². The Morgan fingerprint density at radius 3 is 0.731 bits per heavy atom. The van der Waals surface area contributed by atoms with Crippen molar-refractivity contribution in [3.05, 3.63) is 95.1 Å². The van der Waals surface area contributed by atoms with E-state index in [1.807, 2.05) is 0 Å². The number of benzene rings is 5. The SMILES string of the molecule is CC(C)(C)c1ccc2c(c1)oc1c3oc4cc(C(C)(C)C)ccc4n4c5ccc(C(C)(C)C)cc5oc(c5oc6cc(C(C)(C)C)ccc6n2c15)c34. The third-order valence-corrected chi connectivity index (χ3v) is 10.8. The number of nitrogens with zero attached hydrogens (tertiary/aromatic N) is 2. The number of hydrogen-bond acceptors (Lipinski definition) is 4. The Labute approximate surface area is 303 Å². The molecule has 6 heteroatoms. The van der Waals surface area contributed by atoms with Crippen LogP contribution in [0.4, 0.5) is 0 Å². The fourth-order valence-electron chi connectivity index (χ4n) is 7.59. The molecule has 0 saturated heterocycles. The van der Waals surface area contributed by atoms with E-state index in [1.54, 1.807) is 0 Å². The van der Waals surface area contributed by atoms with Crippen molar-refractivity contribution in [3.8, 4) is 0 Å². The topological polar surface area (TPSA) is 61.4 Å². The van der Waals surface area contributed by atoms with Gasteiger partial charge in [0.15, 0.2) is 44.7 Å². The van der Waals surface area contributed by atoms with Crippen molar-refractivity contribution in [1.29, 1.82) is 0 Å². The molecule has 6 nitrogen and oxygen atoms in total. The summed E-state index contributed by atoms with van der Waals surface area (Å²) in [5, 5.41) is 0. The highest BCUT2D eigenvalue weighted by atomic mass is 16.4. The maximum atomic E-state index is 7.06. The summed E-state index contributed by atoms with van der Waals surface area (Å²) in [6.07, 6.45) is 0. The van der Waals surface area contributed by atoms with Gasteiger partial charge >= 0.3 is 0 Å². The lowest BCUT2D eigenvalue weighted by Crippen LogP contribution is -2.12. The molecule has 0 spiro atoms. The standard InChI is InChI=1S/C46H48N2O4/c1-43(2,3)25-13-17-29-33(21-25)49-39-37-41(51-34-22-26(44(4,5)6)14-18-30(34)47(29)37)42-38-40(39)50-35-23-27(45(7,8)9)15-19-31(35)48(38)32-20-16-28(46(10,11)12)24-36(32)52-42/h13-24H,1-12H3. The molecule has 4 aromatic heterocycles. The summed E-state index contributed by atoms with van der Waals surface area (Å²) in [4.78, 5) is 0. The zero-order valence-electron chi connectivity index (χ0n) is 32.5. The molecular weight excluding hydrogens is 645 g/mol. The Morgan fingerprint density at radius 2 is 0.538 bits per heavy atom. The summed E-state index contributed by atoms with van der Waals surface area (Å²) < 4.78 is 32.8. The van der Waals surface area contributed by atoms with Gasteiger partial charge in [0.05, 0.1) is 22.1 Å². The van der Waals surface area contributed by atoms with Gasteiger partial charge in [-0.25, -0.2) is 0 Å². The molecular formula is C46H48N2O4. The Balaban J connectivity index is 1.60. The van der Waals surface area contributed by atoms with Crippen LogP contribution in [0.3, 0.4) is 0 Å². The predicted octanol–water partition coefficient (Wildman–Crippen LogP) is 13.8. The fraction of sp³-hybridized carbons (Fsp3) is 0.348. The van der Waals surface area contributed by atoms with Crippen LogP contribution in [-0.4, -0.2) is 8.80 Å². The van der Waals surface area contributed by atoms with Crippen LogP contribution >= 0.6 is 0 Å². The molecule has 0 aliphatic carbocycles. The summed E-state index contributed by atoms with van der Waals surface area (Å²) in [5.74, 6) is 0. The van der Waals surface area contributed by atoms with Crippen LogP contribution in [0.15, 0.2) is 90.5 Å². The van der Waals surface area contributed by atoms with Crippen molar-refractivity contribution in [2.75, 3.05) is 0 Å². The highest BCUT2D eigenvalue weighted by Gasteiger charge is 2.29. The van der Waals surface area contributed by atoms with Gasteiger partial charge in [-0.2, -0.15) is 0 Å². The van der Waals surface area contributed by atoms with E-state index < -0.39 is 0 Å². The minimum absolute atomic E-state index is 0.0719. The van der Waals surface area contributed by atoms with Crippen molar-refractivity contribution >= 4 is 77.8 Å². The molecule has 266 valence electrons. The zero-order chi connectivity index (χ0) is 36.9. The molecule has 0 bridgehead atoms. The molecule has 0 N–H and O–H groups in total. The first kappa shape index (κ1) is 32.8. The van der Waals surface area contributed by atoms with Crippen LogP contribution in [-0.2, 0) is 21.7 Å². The van der Waals surface area contributed by atoms with Crippen molar-refractivity contribution in [3.63, 3.8) is 0 Å². The Hall–Kier alpha value is -5.10. The average molecular weight is 693 g/mol. The molecule has 5 aromatic carbocycles. The third-order valence-electron chi connectivity index (χ3n) is 10.8. The lowest BCUT2D eigenvalue weighted by Gasteiger charge is -2.23. The molecule has 9 aromatic rings. The van der Waals surface area contributed by atoms with Gasteiger partial charge in [0, 0.05) is 0 Å². The van der Waals surface area contributed by atoms with Crippen LogP contribution < -0.4 is 0 Å². The van der Waals surface area contributed by atoms with Crippen LogP contribution in [0.2, 0.25) is 0 Å². The highest BCUT2D eigenvalue weighted by molar-refractivity contribution is 6.20. The molecule has 0 radical (unpaired) electrons. The summed E-state index contributed by atoms with van der Waals surface area (Å²) in [7, 11) is 0. The van der Waals surface area contributed by atoms with E-state index in [0.29, 0.717) is 22.3 Å². The molecule has 9 rings (SSSR count). The number of fused-ring (bicyclic) bond motifs is 10. The molecule has 0 amide bonds. The van der Waals surface area contributed by atoms with Gasteiger partial charge in [-0.3, -0.25) is 8.80 Å². The number of aromatic nitrogens is 2. The van der Waals surface area contributed by atoms with E-state index in [-0.39, 0.29) is 21.7 Å². The molecule has 0 fully saturated rings. The molecule has 0 aliphatic rings. The Bertz CT molecular complexity index is 2590. The van der Waals surface area contributed by atoms with E-state index in [0.717, 1.165) is 55.4 Å². The summed E-state index contributed by atoms with van der Waals surface area (Å²) >= 11 is 0. The van der Waals surface area contributed by atoms with Crippen molar-refractivity contribution in [2.24, 2.45) is 0 Å². The first-order valence-corrected chi connectivity index (χ1v) is 18.4. The van der Waals surface area contributed by atoms with Crippen molar-refractivity contribution < 1.29 is 17.7 Å². The first-order chi connectivity index (χ1) is 24.3. The first-order valence-electron chi connectivity index (χ1n) is 18.4. The van der Waals surface area contributed by atoms with Crippen LogP contribution in [0.1, 0.15) is 105 Å². The summed E-state index contributed by atoms with van der Waals surface area (Å²) in [5.41, 5.74) is 15.3. The fourth-order valence-corrected chi connectivity index (χ4v) is 7.59. The highest BCUT2D eigenvalue weighted by Crippen LogP contribution is 2.44. The Kier molecular flexibility index (Phi) is 6.48. The number of hydrogen-bond donors (Lipinski definition) is 0. The third kappa shape index (κ3) is 4.76. The van der Waals surface area contributed by atoms with Gasteiger partial charge in [-0.05, 0) is 92.4 Å². The largest absolute Gasteiger partial charge is 0.449 e. The quantitative estimate of drug-likeness (QED) is 0.117. The van der Waals surface area contributed by atoms with Crippen LogP contribution in [0.5, 0.6) is 0 Å². The van der Waals surface area contributed by atoms with Gasteiger partial charge in [0.1, 0.15) is 11.0 Å². The summed E-state index contributed by atoms with van der Waals surface area (Å²) in [6.45, 7) is 26.7. The molecule has 0 atom stereocenters. The van der Waals surface area contributed by atoms with Gasteiger partial charge in [0.25, 0.3) is 0 Å². The maximum absolute atomic E-state index is 7.06. The minimum atomic E-state index is -0.0719. The van der Waals surface area contributed by atoms with Crippen LogP contribution in [0.25, 0.3) is 77.8 Å². The second kappa shape index (κ2) is 10.3. The van der Waals surface area contributed by atoms with Gasteiger partial charge in [0.2, 0.25) is 0 Å². The average Bonchev–Trinajstić information content (AvgIpc) is 3.06. The van der Waals surface area contributed by atoms with Gasteiger partial charge in [-0.15, -0.1) is 0 Å². The van der Waals surface area contributed by atoms with Crippen molar-refractivity contribution in [2.45, 2.75) is 105 Å². The Morgan fingerprint density at radius 1 is 0.327 bits per heavy atom.